The van der Waals surface area contributed by atoms with Gasteiger partial charge < -0.3 is 9.94 Å². The van der Waals surface area contributed by atoms with Crippen LogP contribution in [0.15, 0.2) is 36.2 Å². The molecule has 0 saturated carbocycles. The first-order valence-corrected chi connectivity index (χ1v) is 5.01. The van der Waals surface area contributed by atoms with Crippen LogP contribution in [-0.4, -0.2) is 16.1 Å². The number of aromatic nitrogens is 1. The monoisotopic (exact) mass is 228 g/mol. The van der Waals surface area contributed by atoms with E-state index in [2.05, 4.69) is 10.5 Å². The van der Waals surface area contributed by atoms with Gasteiger partial charge in [0.05, 0.1) is 5.52 Å². The Hall–Kier alpha value is -2.56. The van der Waals surface area contributed by atoms with Gasteiger partial charge in [-0.2, -0.15) is 0 Å². The SMILES string of the molecule is O=C(O)C1=Cc2ccc3ncccc3c2ON1. The summed E-state index contributed by atoms with van der Waals surface area (Å²) >= 11 is 0. The molecule has 84 valence electrons. The third-order valence-corrected chi connectivity index (χ3v) is 2.56. The van der Waals surface area contributed by atoms with E-state index in [4.69, 9.17) is 9.94 Å². The predicted molar refractivity (Wildman–Crippen MR) is 61.1 cm³/mol. The van der Waals surface area contributed by atoms with E-state index in [1.807, 2.05) is 18.2 Å². The molecule has 1 aromatic heterocycles. The molecule has 3 rings (SSSR count). The summed E-state index contributed by atoms with van der Waals surface area (Å²) in [4.78, 5) is 20.3. The minimum atomic E-state index is -1.05. The van der Waals surface area contributed by atoms with Crippen LogP contribution in [0.1, 0.15) is 5.56 Å². The molecule has 1 aromatic carbocycles. The van der Waals surface area contributed by atoms with E-state index in [1.54, 1.807) is 12.3 Å². The maximum absolute atomic E-state index is 10.8. The van der Waals surface area contributed by atoms with Crippen molar-refractivity contribution in [3.8, 4) is 5.75 Å². The lowest BCUT2D eigenvalue weighted by molar-refractivity contribution is -0.133. The van der Waals surface area contributed by atoms with E-state index in [-0.39, 0.29) is 5.70 Å². The number of nitrogens with one attached hydrogen (secondary N) is 1. The number of hydroxylamine groups is 1. The Morgan fingerprint density at radius 3 is 3.06 bits per heavy atom. The standard InChI is InChI=1S/C12H8N2O3/c15-12(16)10-6-7-3-4-9-8(2-1-5-13-9)11(7)17-14-10/h1-6,14H,(H,15,16). The molecule has 1 aliphatic rings. The van der Waals surface area contributed by atoms with Crippen LogP contribution in [0.5, 0.6) is 5.75 Å². The first-order valence-electron chi connectivity index (χ1n) is 5.01. The van der Waals surface area contributed by atoms with E-state index in [9.17, 15) is 4.79 Å². The van der Waals surface area contributed by atoms with Gasteiger partial charge in [-0.15, -0.1) is 0 Å². The van der Waals surface area contributed by atoms with Crippen molar-refractivity contribution in [3.63, 3.8) is 0 Å². The van der Waals surface area contributed by atoms with Crippen molar-refractivity contribution < 1.29 is 14.7 Å². The van der Waals surface area contributed by atoms with Gasteiger partial charge in [-0.25, -0.2) is 10.3 Å². The molecule has 2 N–H and O–H groups in total. The molecule has 0 atom stereocenters. The second kappa shape index (κ2) is 3.48. The Labute approximate surface area is 96.3 Å². The minimum absolute atomic E-state index is 0.0146. The van der Waals surface area contributed by atoms with Crippen LogP contribution < -0.4 is 10.3 Å². The van der Waals surface area contributed by atoms with E-state index in [0.717, 1.165) is 16.5 Å². The minimum Gasteiger partial charge on any atom is -0.476 e. The Kier molecular flexibility index (Phi) is 1.98. The van der Waals surface area contributed by atoms with Crippen molar-refractivity contribution in [2.24, 2.45) is 0 Å². The van der Waals surface area contributed by atoms with Crippen LogP contribution in [0.2, 0.25) is 0 Å². The summed E-state index contributed by atoms with van der Waals surface area (Å²) in [5.74, 6) is -0.456. The summed E-state index contributed by atoms with van der Waals surface area (Å²) in [6.45, 7) is 0. The number of hydrogen-bond donors (Lipinski definition) is 2. The third-order valence-electron chi connectivity index (χ3n) is 2.56. The molecule has 1 aliphatic heterocycles. The van der Waals surface area contributed by atoms with Gasteiger partial charge in [0.15, 0.2) is 11.4 Å². The summed E-state index contributed by atoms with van der Waals surface area (Å²) in [5, 5.41) is 9.70. The molecule has 0 amide bonds. The molecule has 0 bridgehead atoms. The van der Waals surface area contributed by atoms with Crippen molar-refractivity contribution in [1.29, 1.82) is 0 Å². The molecule has 0 spiro atoms. The molecule has 2 heterocycles. The number of rotatable bonds is 1. The van der Waals surface area contributed by atoms with Crippen molar-refractivity contribution in [1.82, 2.24) is 10.5 Å². The molecule has 0 aliphatic carbocycles. The van der Waals surface area contributed by atoms with E-state index in [0.29, 0.717) is 5.75 Å². The van der Waals surface area contributed by atoms with Crippen molar-refractivity contribution in [2.45, 2.75) is 0 Å². The van der Waals surface area contributed by atoms with Gasteiger partial charge in [0.25, 0.3) is 0 Å². The zero-order valence-electron chi connectivity index (χ0n) is 8.68. The number of carboxylic acids is 1. The molecule has 17 heavy (non-hydrogen) atoms. The van der Waals surface area contributed by atoms with Crippen molar-refractivity contribution in [3.05, 3.63) is 41.7 Å². The molecule has 5 heteroatoms. The highest BCUT2D eigenvalue weighted by Crippen LogP contribution is 2.31. The fourth-order valence-corrected chi connectivity index (χ4v) is 1.77. The zero-order valence-corrected chi connectivity index (χ0v) is 8.68. The fourth-order valence-electron chi connectivity index (χ4n) is 1.77. The van der Waals surface area contributed by atoms with Crippen LogP contribution >= 0.6 is 0 Å². The number of fused-ring (bicyclic) bond motifs is 3. The maximum Gasteiger partial charge on any atom is 0.355 e. The topological polar surface area (TPSA) is 71.5 Å². The highest BCUT2D eigenvalue weighted by molar-refractivity contribution is 5.96. The van der Waals surface area contributed by atoms with Gasteiger partial charge in [0.1, 0.15) is 0 Å². The lowest BCUT2D eigenvalue weighted by Gasteiger charge is -2.17. The van der Waals surface area contributed by atoms with Gasteiger partial charge >= 0.3 is 5.97 Å². The molecule has 0 saturated heterocycles. The number of pyridine rings is 1. The second-order valence-electron chi connectivity index (χ2n) is 3.62. The van der Waals surface area contributed by atoms with E-state index < -0.39 is 5.97 Å². The van der Waals surface area contributed by atoms with Crippen molar-refractivity contribution in [2.75, 3.05) is 0 Å². The lowest BCUT2D eigenvalue weighted by atomic mass is 10.1. The Morgan fingerprint density at radius 2 is 2.24 bits per heavy atom. The van der Waals surface area contributed by atoms with E-state index >= 15 is 0 Å². The number of benzene rings is 1. The average molecular weight is 228 g/mol. The number of hydrogen-bond acceptors (Lipinski definition) is 4. The predicted octanol–water partition coefficient (Wildman–Crippen LogP) is 1.56. The number of aliphatic carboxylic acids is 1. The molecule has 0 unspecified atom stereocenters. The number of carboxylic acid groups (broad SMARTS) is 1. The Bertz CT molecular complexity index is 649. The highest BCUT2D eigenvalue weighted by atomic mass is 16.6. The highest BCUT2D eigenvalue weighted by Gasteiger charge is 2.18. The summed E-state index contributed by atoms with van der Waals surface area (Å²) in [6, 6.07) is 7.30. The smallest absolute Gasteiger partial charge is 0.355 e. The average Bonchev–Trinajstić information content (AvgIpc) is 2.38. The molecule has 0 fully saturated rings. The van der Waals surface area contributed by atoms with Crippen LogP contribution in [0.3, 0.4) is 0 Å². The van der Waals surface area contributed by atoms with Gasteiger partial charge in [-0.1, -0.05) is 0 Å². The maximum atomic E-state index is 10.8. The van der Waals surface area contributed by atoms with Crippen molar-refractivity contribution >= 4 is 22.9 Å². The summed E-state index contributed by atoms with van der Waals surface area (Å²) in [7, 11) is 0. The first-order chi connectivity index (χ1) is 8.25. The number of nitrogens with zero attached hydrogens (tertiary/aromatic N) is 1. The fraction of sp³-hybridized carbons (Fsp3) is 0. The van der Waals surface area contributed by atoms with Gasteiger partial charge in [-0.05, 0) is 30.3 Å². The Balaban J connectivity index is 2.24. The van der Waals surface area contributed by atoms with Crippen LogP contribution in [0.4, 0.5) is 0 Å². The molecule has 0 radical (unpaired) electrons. The molecule has 2 aromatic rings. The summed E-state index contributed by atoms with van der Waals surface area (Å²) < 4.78 is 0. The molecular weight excluding hydrogens is 220 g/mol. The number of carbonyl (C=O) groups is 1. The van der Waals surface area contributed by atoms with Gasteiger partial charge in [0, 0.05) is 17.1 Å². The largest absolute Gasteiger partial charge is 0.476 e. The quantitative estimate of drug-likeness (QED) is 0.775. The summed E-state index contributed by atoms with van der Waals surface area (Å²) in [6.07, 6.45) is 3.23. The second-order valence-corrected chi connectivity index (χ2v) is 3.62. The van der Waals surface area contributed by atoms with E-state index in [1.165, 1.54) is 6.08 Å². The lowest BCUT2D eigenvalue weighted by Crippen LogP contribution is -2.26. The normalized spacial score (nSPS) is 13.3. The van der Waals surface area contributed by atoms with Gasteiger partial charge in [-0.3, -0.25) is 4.98 Å². The zero-order chi connectivity index (χ0) is 11.8. The Morgan fingerprint density at radius 1 is 1.35 bits per heavy atom. The van der Waals surface area contributed by atoms with Gasteiger partial charge in [0.2, 0.25) is 0 Å². The van der Waals surface area contributed by atoms with Crippen LogP contribution in [-0.2, 0) is 4.79 Å². The molecular formula is C12H8N2O3. The van der Waals surface area contributed by atoms with Crippen LogP contribution in [0.25, 0.3) is 17.0 Å². The summed E-state index contributed by atoms with van der Waals surface area (Å²) in [5.41, 5.74) is 3.94. The molecule has 5 nitrogen and oxygen atoms in total. The third kappa shape index (κ3) is 1.48. The first kappa shape index (κ1) is 9.65. The van der Waals surface area contributed by atoms with Crippen LogP contribution in [0, 0.1) is 0 Å².